The summed E-state index contributed by atoms with van der Waals surface area (Å²) in [7, 11) is 0. The normalized spacial score (nSPS) is 12.9. The van der Waals surface area contributed by atoms with Gasteiger partial charge in [0.1, 0.15) is 6.04 Å². The van der Waals surface area contributed by atoms with Gasteiger partial charge in [-0.25, -0.2) is 0 Å². The van der Waals surface area contributed by atoms with E-state index in [9.17, 15) is 9.59 Å². The van der Waals surface area contributed by atoms with Crippen LogP contribution >= 0.6 is 23.2 Å². The molecule has 0 bridgehead atoms. The number of aryl methyl sites for hydroxylation is 1. The zero-order chi connectivity index (χ0) is 21.6. The summed E-state index contributed by atoms with van der Waals surface area (Å²) in [6, 6.07) is 12.4. The minimum absolute atomic E-state index is 0.0305. The molecule has 29 heavy (non-hydrogen) atoms. The molecule has 2 aromatic rings. The zero-order valence-electron chi connectivity index (χ0n) is 17.3. The first-order valence-corrected chi connectivity index (χ1v) is 10.6. The van der Waals surface area contributed by atoms with Crippen molar-refractivity contribution < 1.29 is 9.59 Å². The molecule has 0 saturated carbocycles. The van der Waals surface area contributed by atoms with Gasteiger partial charge in [0, 0.05) is 28.2 Å². The molecule has 1 N–H and O–H groups in total. The number of halogens is 2. The molecule has 0 aliphatic heterocycles. The molecule has 156 valence electrons. The van der Waals surface area contributed by atoms with Gasteiger partial charge in [-0.3, -0.25) is 9.59 Å². The lowest BCUT2D eigenvalue weighted by Gasteiger charge is -2.30. The molecular formula is C23H28Cl2N2O2. The van der Waals surface area contributed by atoms with Crippen molar-refractivity contribution in [2.45, 2.75) is 59.2 Å². The maximum Gasteiger partial charge on any atom is 0.242 e. The van der Waals surface area contributed by atoms with Crippen LogP contribution in [-0.4, -0.2) is 28.8 Å². The first-order valence-electron chi connectivity index (χ1n) is 9.81. The Morgan fingerprint density at radius 3 is 2.17 bits per heavy atom. The lowest BCUT2D eigenvalue weighted by molar-refractivity contribution is -0.140. The van der Waals surface area contributed by atoms with Crippen LogP contribution in [0, 0.1) is 6.92 Å². The largest absolute Gasteiger partial charge is 0.352 e. The summed E-state index contributed by atoms with van der Waals surface area (Å²) in [5, 5.41) is 3.90. The highest BCUT2D eigenvalue weighted by Crippen LogP contribution is 2.27. The van der Waals surface area contributed by atoms with Gasteiger partial charge in [0.15, 0.2) is 0 Å². The minimum Gasteiger partial charge on any atom is -0.352 e. The molecule has 0 heterocycles. The number of amides is 2. The number of hydrogen-bond acceptors (Lipinski definition) is 2. The topological polar surface area (TPSA) is 49.4 Å². The maximum absolute atomic E-state index is 13.2. The van der Waals surface area contributed by atoms with Crippen LogP contribution < -0.4 is 5.32 Å². The fourth-order valence-corrected chi connectivity index (χ4v) is 3.40. The maximum atomic E-state index is 13.2. The first kappa shape index (κ1) is 23.2. The van der Waals surface area contributed by atoms with Crippen molar-refractivity contribution in [2.24, 2.45) is 0 Å². The van der Waals surface area contributed by atoms with Crippen molar-refractivity contribution in [3.63, 3.8) is 0 Å². The molecular weight excluding hydrogens is 407 g/mol. The fourth-order valence-electron chi connectivity index (χ4n) is 2.88. The molecule has 6 heteroatoms. The van der Waals surface area contributed by atoms with Crippen molar-refractivity contribution in [3.8, 4) is 0 Å². The van der Waals surface area contributed by atoms with Crippen molar-refractivity contribution in [1.82, 2.24) is 10.2 Å². The van der Waals surface area contributed by atoms with Gasteiger partial charge in [0.2, 0.25) is 11.8 Å². The van der Waals surface area contributed by atoms with E-state index in [-0.39, 0.29) is 30.8 Å². The van der Waals surface area contributed by atoms with Gasteiger partial charge < -0.3 is 10.2 Å². The van der Waals surface area contributed by atoms with Crippen LogP contribution in [0.2, 0.25) is 10.0 Å². The van der Waals surface area contributed by atoms with Gasteiger partial charge in [-0.2, -0.15) is 0 Å². The lowest BCUT2D eigenvalue weighted by Crippen LogP contribution is -2.50. The molecule has 0 radical (unpaired) electrons. The molecule has 2 aromatic carbocycles. The summed E-state index contributed by atoms with van der Waals surface area (Å²) in [5.74, 6) is -0.351. The Morgan fingerprint density at radius 1 is 1.03 bits per heavy atom. The SMILES string of the molecule is CC[C@@H](C)NC(=O)[C@@H](C)N(Cc1c(Cl)cccc1Cl)C(=O)Cc1ccc(C)cc1. The Kier molecular flexibility index (Phi) is 8.54. The van der Waals surface area contributed by atoms with E-state index >= 15 is 0 Å². The van der Waals surface area contributed by atoms with Crippen LogP contribution in [0.15, 0.2) is 42.5 Å². The Balaban J connectivity index is 2.29. The standard InChI is InChI=1S/C23H28Cl2N2O2/c1-5-16(3)26-23(29)17(4)27(14-19-20(24)7-6-8-21(19)25)22(28)13-18-11-9-15(2)10-12-18/h6-12,16-17H,5,13-14H2,1-4H3,(H,26,29)/t16-,17-/m1/s1. The highest BCUT2D eigenvalue weighted by Gasteiger charge is 2.28. The van der Waals surface area contributed by atoms with E-state index in [1.807, 2.05) is 45.0 Å². The lowest BCUT2D eigenvalue weighted by atomic mass is 10.1. The summed E-state index contributed by atoms with van der Waals surface area (Å²) in [6.45, 7) is 7.83. The second-order valence-corrected chi connectivity index (χ2v) is 8.19. The van der Waals surface area contributed by atoms with E-state index in [1.54, 1.807) is 30.0 Å². The van der Waals surface area contributed by atoms with Gasteiger partial charge in [0.25, 0.3) is 0 Å². The quantitative estimate of drug-likeness (QED) is 0.622. The van der Waals surface area contributed by atoms with Crippen LogP contribution in [0.3, 0.4) is 0 Å². The highest BCUT2D eigenvalue weighted by molar-refractivity contribution is 6.36. The van der Waals surface area contributed by atoms with Crippen molar-refractivity contribution >= 4 is 35.0 Å². The summed E-state index contributed by atoms with van der Waals surface area (Å²) in [4.78, 5) is 27.5. The second kappa shape index (κ2) is 10.7. The molecule has 0 aliphatic carbocycles. The molecule has 2 atom stereocenters. The van der Waals surface area contributed by atoms with Crippen LogP contribution in [0.4, 0.5) is 0 Å². The third-order valence-electron chi connectivity index (χ3n) is 5.03. The molecule has 0 fully saturated rings. The Morgan fingerprint density at radius 2 is 1.62 bits per heavy atom. The molecule has 0 saturated heterocycles. The smallest absolute Gasteiger partial charge is 0.242 e. The van der Waals surface area contributed by atoms with E-state index in [0.29, 0.717) is 15.6 Å². The van der Waals surface area contributed by atoms with E-state index in [4.69, 9.17) is 23.2 Å². The van der Waals surface area contributed by atoms with Gasteiger partial charge in [-0.1, -0.05) is 66.0 Å². The van der Waals surface area contributed by atoms with Crippen molar-refractivity contribution in [3.05, 3.63) is 69.2 Å². The number of nitrogens with zero attached hydrogens (tertiary/aromatic N) is 1. The number of carbonyl (C=O) groups excluding carboxylic acids is 2. The van der Waals surface area contributed by atoms with Gasteiger partial charge in [0.05, 0.1) is 6.42 Å². The van der Waals surface area contributed by atoms with E-state index in [1.165, 1.54) is 0 Å². The minimum atomic E-state index is -0.658. The molecule has 0 unspecified atom stereocenters. The Hall–Kier alpha value is -2.04. The third-order valence-corrected chi connectivity index (χ3v) is 5.74. The molecule has 0 spiro atoms. The van der Waals surface area contributed by atoms with E-state index in [2.05, 4.69) is 5.32 Å². The summed E-state index contributed by atoms with van der Waals surface area (Å²) < 4.78 is 0. The van der Waals surface area contributed by atoms with Gasteiger partial charge in [-0.05, 0) is 44.9 Å². The number of benzene rings is 2. The summed E-state index contributed by atoms with van der Waals surface area (Å²) in [5.41, 5.74) is 2.66. The molecule has 0 aliphatic rings. The van der Waals surface area contributed by atoms with Crippen LogP contribution in [0.1, 0.15) is 43.9 Å². The highest BCUT2D eigenvalue weighted by atomic mass is 35.5. The summed E-state index contributed by atoms with van der Waals surface area (Å²) in [6.07, 6.45) is 1.01. The molecule has 2 amide bonds. The first-order chi connectivity index (χ1) is 13.7. The predicted octanol–water partition coefficient (Wildman–Crippen LogP) is 5.18. The van der Waals surface area contributed by atoms with Crippen LogP contribution in [0.25, 0.3) is 0 Å². The third kappa shape index (κ3) is 6.48. The van der Waals surface area contributed by atoms with Gasteiger partial charge >= 0.3 is 0 Å². The number of rotatable bonds is 8. The number of carbonyl (C=O) groups is 2. The molecule has 4 nitrogen and oxygen atoms in total. The average Bonchev–Trinajstić information content (AvgIpc) is 2.68. The zero-order valence-corrected chi connectivity index (χ0v) is 18.8. The monoisotopic (exact) mass is 434 g/mol. The van der Waals surface area contributed by atoms with E-state index in [0.717, 1.165) is 17.5 Å². The molecule has 2 rings (SSSR count). The van der Waals surface area contributed by atoms with Crippen molar-refractivity contribution in [2.75, 3.05) is 0 Å². The van der Waals surface area contributed by atoms with Crippen LogP contribution in [-0.2, 0) is 22.6 Å². The predicted molar refractivity (Wildman–Crippen MR) is 119 cm³/mol. The van der Waals surface area contributed by atoms with Crippen LogP contribution in [0.5, 0.6) is 0 Å². The Labute approximate surface area is 183 Å². The number of nitrogens with one attached hydrogen (secondary N) is 1. The second-order valence-electron chi connectivity index (χ2n) is 7.38. The Bertz CT molecular complexity index is 832. The van der Waals surface area contributed by atoms with Crippen molar-refractivity contribution in [1.29, 1.82) is 0 Å². The van der Waals surface area contributed by atoms with Gasteiger partial charge in [-0.15, -0.1) is 0 Å². The average molecular weight is 435 g/mol. The number of hydrogen-bond donors (Lipinski definition) is 1. The van der Waals surface area contributed by atoms with E-state index < -0.39 is 6.04 Å². The summed E-state index contributed by atoms with van der Waals surface area (Å²) >= 11 is 12.6. The fraction of sp³-hybridized carbons (Fsp3) is 0.391. The molecule has 0 aromatic heterocycles.